The molecule has 110 valence electrons. The minimum absolute atomic E-state index is 0.109. The zero-order valence-electron chi connectivity index (χ0n) is 11.6. The van der Waals surface area contributed by atoms with E-state index in [0.717, 1.165) is 6.07 Å². The SMILES string of the molecule is COc1cccc(N(C)c2cc(C(=O)O)c(N)cc2F)c1. The molecule has 6 heteroatoms. The van der Waals surface area contributed by atoms with Gasteiger partial charge in [0.25, 0.3) is 0 Å². The Bertz CT molecular complexity index is 689. The molecule has 0 fully saturated rings. The molecule has 21 heavy (non-hydrogen) atoms. The van der Waals surface area contributed by atoms with Crippen LogP contribution in [0.25, 0.3) is 0 Å². The second kappa shape index (κ2) is 5.70. The van der Waals surface area contributed by atoms with Crippen LogP contribution in [-0.2, 0) is 0 Å². The molecule has 0 aliphatic rings. The Balaban J connectivity index is 2.49. The maximum Gasteiger partial charge on any atom is 0.337 e. The van der Waals surface area contributed by atoms with Gasteiger partial charge < -0.3 is 20.5 Å². The van der Waals surface area contributed by atoms with Gasteiger partial charge in [-0.05, 0) is 24.3 Å². The van der Waals surface area contributed by atoms with E-state index in [2.05, 4.69) is 0 Å². The molecule has 2 rings (SSSR count). The molecule has 0 bridgehead atoms. The molecule has 2 aromatic carbocycles. The number of carbonyl (C=O) groups is 1. The lowest BCUT2D eigenvalue weighted by Gasteiger charge is -2.21. The highest BCUT2D eigenvalue weighted by atomic mass is 19.1. The molecule has 0 aromatic heterocycles. The van der Waals surface area contributed by atoms with Crippen molar-refractivity contribution >= 4 is 23.0 Å². The first-order chi connectivity index (χ1) is 9.93. The number of nitrogen functional groups attached to an aromatic ring is 1. The van der Waals surface area contributed by atoms with Crippen molar-refractivity contribution in [3.63, 3.8) is 0 Å². The number of hydrogen-bond donors (Lipinski definition) is 2. The third-order valence-electron chi connectivity index (χ3n) is 3.15. The highest BCUT2D eigenvalue weighted by Gasteiger charge is 2.17. The predicted octanol–water partition coefficient (Wildman–Crippen LogP) is 2.88. The third kappa shape index (κ3) is 2.89. The molecule has 5 nitrogen and oxygen atoms in total. The van der Waals surface area contributed by atoms with Gasteiger partial charge in [-0.25, -0.2) is 9.18 Å². The van der Waals surface area contributed by atoms with Crippen molar-refractivity contribution in [2.24, 2.45) is 0 Å². The van der Waals surface area contributed by atoms with Gasteiger partial charge >= 0.3 is 5.97 Å². The van der Waals surface area contributed by atoms with Crippen molar-refractivity contribution in [3.8, 4) is 5.75 Å². The van der Waals surface area contributed by atoms with E-state index in [1.54, 1.807) is 31.3 Å². The minimum atomic E-state index is -1.20. The van der Waals surface area contributed by atoms with Crippen molar-refractivity contribution in [2.45, 2.75) is 0 Å². The van der Waals surface area contributed by atoms with E-state index in [-0.39, 0.29) is 16.9 Å². The summed E-state index contributed by atoms with van der Waals surface area (Å²) in [5.74, 6) is -1.18. The van der Waals surface area contributed by atoms with E-state index in [1.807, 2.05) is 0 Å². The molecule has 0 amide bonds. The van der Waals surface area contributed by atoms with Gasteiger partial charge in [0.15, 0.2) is 0 Å². The van der Waals surface area contributed by atoms with Gasteiger partial charge in [-0.2, -0.15) is 0 Å². The Kier molecular flexibility index (Phi) is 3.98. The summed E-state index contributed by atoms with van der Waals surface area (Å²) < 4.78 is 19.2. The number of aromatic carboxylic acids is 1. The number of anilines is 3. The van der Waals surface area contributed by atoms with Gasteiger partial charge in [0, 0.05) is 24.5 Å². The molecular weight excluding hydrogens is 275 g/mol. The molecule has 0 atom stereocenters. The van der Waals surface area contributed by atoms with Gasteiger partial charge in [0.1, 0.15) is 11.6 Å². The van der Waals surface area contributed by atoms with Crippen LogP contribution in [0.3, 0.4) is 0 Å². The van der Waals surface area contributed by atoms with Crippen LogP contribution in [0.15, 0.2) is 36.4 Å². The minimum Gasteiger partial charge on any atom is -0.497 e. The summed E-state index contributed by atoms with van der Waals surface area (Å²) >= 11 is 0. The van der Waals surface area contributed by atoms with Crippen molar-refractivity contribution < 1.29 is 19.0 Å². The van der Waals surface area contributed by atoms with Crippen molar-refractivity contribution in [2.75, 3.05) is 24.8 Å². The number of halogens is 1. The standard InChI is InChI=1S/C15H15FN2O3/c1-18(9-4-3-5-10(6-9)21-2)14-7-11(15(19)20)13(17)8-12(14)16/h3-8H,17H2,1-2H3,(H,19,20). The Morgan fingerprint density at radius 1 is 1.33 bits per heavy atom. The Morgan fingerprint density at radius 3 is 2.67 bits per heavy atom. The summed E-state index contributed by atoms with van der Waals surface area (Å²) in [4.78, 5) is 12.6. The van der Waals surface area contributed by atoms with E-state index < -0.39 is 11.8 Å². The fraction of sp³-hybridized carbons (Fsp3) is 0.133. The second-order valence-corrected chi connectivity index (χ2v) is 4.46. The zero-order valence-corrected chi connectivity index (χ0v) is 11.6. The van der Waals surface area contributed by atoms with E-state index >= 15 is 0 Å². The van der Waals surface area contributed by atoms with Crippen molar-refractivity contribution in [1.82, 2.24) is 0 Å². The number of rotatable bonds is 4. The summed E-state index contributed by atoms with van der Waals surface area (Å²) in [6.45, 7) is 0. The maximum absolute atomic E-state index is 14.1. The second-order valence-electron chi connectivity index (χ2n) is 4.46. The number of ether oxygens (including phenoxy) is 1. The quantitative estimate of drug-likeness (QED) is 0.847. The van der Waals surface area contributed by atoms with Gasteiger partial charge in [0.2, 0.25) is 0 Å². The first-order valence-corrected chi connectivity index (χ1v) is 6.14. The Labute approximate surface area is 121 Å². The molecular formula is C15H15FN2O3. The van der Waals surface area contributed by atoms with Crippen molar-refractivity contribution in [3.05, 3.63) is 47.8 Å². The van der Waals surface area contributed by atoms with Crippen LogP contribution >= 0.6 is 0 Å². The van der Waals surface area contributed by atoms with E-state index in [4.69, 9.17) is 15.6 Å². The first-order valence-electron chi connectivity index (χ1n) is 6.14. The van der Waals surface area contributed by atoms with Crippen molar-refractivity contribution in [1.29, 1.82) is 0 Å². The lowest BCUT2D eigenvalue weighted by molar-refractivity contribution is 0.0698. The zero-order chi connectivity index (χ0) is 15.6. The lowest BCUT2D eigenvalue weighted by atomic mass is 10.1. The molecule has 0 aliphatic carbocycles. The average Bonchev–Trinajstić information content (AvgIpc) is 2.46. The molecule has 0 saturated heterocycles. The summed E-state index contributed by atoms with van der Waals surface area (Å²) in [6.07, 6.45) is 0. The monoisotopic (exact) mass is 290 g/mol. The van der Waals surface area contributed by atoms with Gasteiger partial charge in [-0.15, -0.1) is 0 Å². The van der Waals surface area contributed by atoms with Crippen LogP contribution in [0.2, 0.25) is 0 Å². The molecule has 0 unspecified atom stereocenters. The van der Waals surface area contributed by atoms with E-state index in [9.17, 15) is 9.18 Å². The number of nitrogens with two attached hydrogens (primary N) is 1. The largest absolute Gasteiger partial charge is 0.497 e. The highest BCUT2D eigenvalue weighted by molar-refractivity contribution is 5.95. The summed E-state index contributed by atoms with van der Waals surface area (Å²) in [5, 5.41) is 9.07. The smallest absolute Gasteiger partial charge is 0.337 e. The number of carboxylic acid groups (broad SMARTS) is 1. The Hall–Kier alpha value is -2.76. The number of carboxylic acids is 1. The van der Waals surface area contributed by atoms with Crippen LogP contribution in [-0.4, -0.2) is 25.2 Å². The van der Waals surface area contributed by atoms with Gasteiger partial charge in [-0.3, -0.25) is 0 Å². The fourth-order valence-electron chi connectivity index (χ4n) is 1.98. The number of hydrogen-bond acceptors (Lipinski definition) is 4. The summed E-state index contributed by atoms with van der Waals surface area (Å²) in [7, 11) is 3.17. The summed E-state index contributed by atoms with van der Waals surface area (Å²) in [5.41, 5.74) is 6.05. The molecule has 0 aliphatic heterocycles. The van der Waals surface area contributed by atoms with E-state index in [0.29, 0.717) is 11.4 Å². The predicted molar refractivity (Wildman–Crippen MR) is 78.8 cm³/mol. The summed E-state index contributed by atoms with van der Waals surface area (Å²) in [6, 6.07) is 9.23. The van der Waals surface area contributed by atoms with Crippen LogP contribution < -0.4 is 15.4 Å². The number of methoxy groups -OCH3 is 1. The maximum atomic E-state index is 14.1. The van der Waals surface area contributed by atoms with Crippen LogP contribution in [0, 0.1) is 5.82 Å². The number of benzene rings is 2. The normalized spacial score (nSPS) is 10.2. The highest BCUT2D eigenvalue weighted by Crippen LogP contribution is 2.31. The molecule has 0 saturated carbocycles. The number of nitrogens with zero attached hydrogens (tertiary/aromatic N) is 1. The van der Waals surface area contributed by atoms with Gasteiger partial charge in [-0.1, -0.05) is 6.07 Å². The first kappa shape index (κ1) is 14.6. The fourth-order valence-corrected chi connectivity index (χ4v) is 1.98. The molecule has 3 N–H and O–H groups in total. The Morgan fingerprint density at radius 2 is 2.05 bits per heavy atom. The third-order valence-corrected chi connectivity index (χ3v) is 3.15. The molecule has 0 heterocycles. The topological polar surface area (TPSA) is 75.8 Å². The van der Waals surface area contributed by atoms with Gasteiger partial charge in [0.05, 0.1) is 18.4 Å². The molecule has 2 aromatic rings. The molecule has 0 spiro atoms. The van der Waals surface area contributed by atoms with Crippen LogP contribution in [0.5, 0.6) is 5.75 Å². The van der Waals surface area contributed by atoms with Crippen LogP contribution in [0.4, 0.5) is 21.5 Å². The molecule has 0 radical (unpaired) electrons. The average molecular weight is 290 g/mol. The van der Waals surface area contributed by atoms with E-state index in [1.165, 1.54) is 18.1 Å². The lowest BCUT2D eigenvalue weighted by Crippen LogP contribution is -2.13. The van der Waals surface area contributed by atoms with Crippen LogP contribution in [0.1, 0.15) is 10.4 Å².